The van der Waals surface area contributed by atoms with Crippen LogP contribution in [0.5, 0.6) is 5.75 Å². The van der Waals surface area contributed by atoms with Crippen molar-refractivity contribution in [2.24, 2.45) is 5.73 Å². The number of nitrogens with one attached hydrogen (secondary N) is 1. The largest absolute Gasteiger partial charge is 0.490 e. The molecule has 0 spiro atoms. The number of nitrogens with two attached hydrogens (primary N) is 1. The molecule has 1 aromatic heterocycles. The molecule has 0 aliphatic heterocycles. The third-order valence-electron chi connectivity index (χ3n) is 3.79. The third kappa shape index (κ3) is 4.01. The van der Waals surface area contributed by atoms with Gasteiger partial charge in [-0.15, -0.1) is 0 Å². The van der Waals surface area contributed by atoms with Crippen molar-refractivity contribution < 1.29 is 17.9 Å². The Balaban J connectivity index is 2.12. The Hall–Kier alpha value is -3.13. The third-order valence-corrected chi connectivity index (χ3v) is 5.17. The van der Waals surface area contributed by atoms with Gasteiger partial charge in [0.15, 0.2) is 0 Å². The first kappa shape index (κ1) is 18.7. The number of sulfonamides is 1. The summed E-state index contributed by atoms with van der Waals surface area (Å²) in [5.41, 5.74) is 5.89. The van der Waals surface area contributed by atoms with E-state index in [0.717, 1.165) is 0 Å². The topological polar surface area (TPSA) is 111 Å². The number of fused-ring (bicyclic) bond motifs is 1. The van der Waals surface area contributed by atoms with Crippen LogP contribution >= 0.6 is 0 Å². The molecule has 3 N–H and O–H groups in total. The molecule has 8 heteroatoms. The molecule has 0 unspecified atom stereocenters. The van der Waals surface area contributed by atoms with Crippen LogP contribution in [-0.2, 0) is 10.0 Å². The van der Waals surface area contributed by atoms with Crippen LogP contribution in [0.25, 0.3) is 10.8 Å². The van der Waals surface area contributed by atoms with Crippen molar-refractivity contribution in [3.8, 4) is 5.75 Å². The van der Waals surface area contributed by atoms with Crippen LogP contribution in [0.1, 0.15) is 24.2 Å². The zero-order valence-corrected chi connectivity index (χ0v) is 15.7. The van der Waals surface area contributed by atoms with Crippen LogP contribution < -0.4 is 15.2 Å². The lowest BCUT2D eigenvalue weighted by molar-refractivity contribution is 0.0995. The zero-order valence-electron chi connectivity index (χ0n) is 14.8. The highest BCUT2D eigenvalue weighted by atomic mass is 32.2. The number of aromatic nitrogens is 1. The summed E-state index contributed by atoms with van der Waals surface area (Å²) in [6, 6.07) is 11.1. The number of pyridine rings is 1. The molecule has 1 amide bonds. The van der Waals surface area contributed by atoms with Crippen LogP contribution in [0.3, 0.4) is 0 Å². The maximum absolute atomic E-state index is 12.6. The van der Waals surface area contributed by atoms with E-state index in [4.69, 9.17) is 10.5 Å². The monoisotopic (exact) mass is 385 g/mol. The number of ether oxygens (including phenoxy) is 1. The molecule has 7 nitrogen and oxygen atoms in total. The number of amides is 1. The second-order valence-electron chi connectivity index (χ2n) is 6.21. The minimum atomic E-state index is -3.80. The molecule has 3 aromatic rings. The summed E-state index contributed by atoms with van der Waals surface area (Å²) in [5, 5.41) is 1.11. The molecule has 140 valence electrons. The zero-order chi connectivity index (χ0) is 19.6. The lowest BCUT2D eigenvalue weighted by atomic mass is 10.1. The van der Waals surface area contributed by atoms with E-state index >= 15 is 0 Å². The Kier molecular flexibility index (Phi) is 5.00. The summed E-state index contributed by atoms with van der Waals surface area (Å²) in [6.07, 6.45) is 2.79. The average Bonchev–Trinajstić information content (AvgIpc) is 2.61. The van der Waals surface area contributed by atoms with E-state index in [1.165, 1.54) is 24.4 Å². The van der Waals surface area contributed by atoms with Crippen molar-refractivity contribution in [1.82, 2.24) is 4.98 Å². The van der Waals surface area contributed by atoms with Gasteiger partial charge in [-0.25, -0.2) is 8.42 Å². The highest BCUT2D eigenvalue weighted by Gasteiger charge is 2.18. The first-order chi connectivity index (χ1) is 12.8. The van der Waals surface area contributed by atoms with Crippen LogP contribution in [0.2, 0.25) is 0 Å². The van der Waals surface area contributed by atoms with Gasteiger partial charge < -0.3 is 10.5 Å². The van der Waals surface area contributed by atoms with Crippen molar-refractivity contribution in [3.05, 3.63) is 60.4 Å². The lowest BCUT2D eigenvalue weighted by Gasteiger charge is -2.15. The number of anilines is 1. The van der Waals surface area contributed by atoms with E-state index in [1.807, 2.05) is 13.8 Å². The Bertz CT molecular complexity index is 1100. The quantitative estimate of drug-likeness (QED) is 0.678. The van der Waals surface area contributed by atoms with Crippen LogP contribution in [0.15, 0.2) is 59.8 Å². The number of nitrogens with zero attached hydrogens (tertiary/aromatic N) is 1. The van der Waals surface area contributed by atoms with E-state index < -0.39 is 15.9 Å². The standard InChI is InChI=1S/C19H19N3O4S/c1-12(2)26-18-8-13-10-21-11-17(15(13)9-16(18)19(20)23)22-27(24,25)14-6-4-3-5-7-14/h3-12,22H,1-2H3,(H2,20,23). The van der Waals surface area contributed by atoms with Crippen molar-refractivity contribution in [2.75, 3.05) is 4.72 Å². The Morgan fingerprint density at radius 1 is 1.15 bits per heavy atom. The van der Waals surface area contributed by atoms with Gasteiger partial charge in [0.05, 0.1) is 28.4 Å². The minimum Gasteiger partial charge on any atom is -0.490 e. The molecule has 0 bridgehead atoms. The fourth-order valence-corrected chi connectivity index (χ4v) is 3.71. The average molecular weight is 385 g/mol. The van der Waals surface area contributed by atoms with Crippen LogP contribution in [0, 0.1) is 0 Å². The summed E-state index contributed by atoms with van der Waals surface area (Å²) in [5.74, 6) is -0.337. The summed E-state index contributed by atoms with van der Waals surface area (Å²) < 4.78 is 33.4. The van der Waals surface area contributed by atoms with Gasteiger partial charge in [0.2, 0.25) is 0 Å². The molecule has 0 saturated carbocycles. The molecular formula is C19H19N3O4S. The maximum atomic E-state index is 12.6. The molecule has 27 heavy (non-hydrogen) atoms. The first-order valence-corrected chi connectivity index (χ1v) is 9.72. The number of hydrogen-bond donors (Lipinski definition) is 2. The predicted molar refractivity (Wildman–Crippen MR) is 103 cm³/mol. The fraction of sp³-hybridized carbons (Fsp3) is 0.158. The summed E-state index contributed by atoms with van der Waals surface area (Å²) in [7, 11) is -3.80. The van der Waals surface area contributed by atoms with Gasteiger partial charge in [0, 0.05) is 17.0 Å². The van der Waals surface area contributed by atoms with Crippen LogP contribution in [0.4, 0.5) is 5.69 Å². The minimum absolute atomic E-state index is 0.122. The summed E-state index contributed by atoms with van der Waals surface area (Å²) in [6.45, 7) is 3.66. The number of carbonyl (C=O) groups is 1. The summed E-state index contributed by atoms with van der Waals surface area (Å²) >= 11 is 0. The van der Waals surface area contributed by atoms with Crippen molar-refractivity contribution in [2.45, 2.75) is 24.8 Å². The second kappa shape index (κ2) is 7.24. The number of rotatable bonds is 6. The van der Waals surface area contributed by atoms with E-state index in [-0.39, 0.29) is 22.3 Å². The van der Waals surface area contributed by atoms with Gasteiger partial charge >= 0.3 is 0 Å². The van der Waals surface area contributed by atoms with E-state index in [2.05, 4.69) is 9.71 Å². The predicted octanol–water partition coefficient (Wildman–Crippen LogP) is 2.92. The maximum Gasteiger partial charge on any atom is 0.261 e. The highest BCUT2D eigenvalue weighted by Crippen LogP contribution is 2.31. The molecular weight excluding hydrogens is 366 g/mol. The van der Waals surface area contributed by atoms with Gasteiger partial charge in [0.1, 0.15) is 5.75 Å². The van der Waals surface area contributed by atoms with Crippen molar-refractivity contribution in [3.63, 3.8) is 0 Å². The van der Waals surface area contributed by atoms with E-state index in [0.29, 0.717) is 16.5 Å². The first-order valence-electron chi connectivity index (χ1n) is 8.24. The fourth-order valence-electron chi connectivity index (χ4n) is 2.63. The lowest BCUT2D eigenvalue weighted by Crippen LogP contribution is -2.16. The van der Waals surface area contributed by atoms with Gasteiger partial charge in [-0.05, 0) is 38.1 Å². The molecule has 0 aliphatic rings. The smallest absolute Gasteiger partial charge is 0.261 e. The normalized spacial score (nSPS) is 11.5. The number of primary amides is 1. The molecule has 0 fully saturated rings. The van der Waals surface area contributed by atoms with Gasteiger partial charge in [-0.2, -0.15) is 0 Å². The second-order valence-corrected chi connectivity index (χ2v) is 7.89. The molecule has 1 heterocycles. The molecule has 0 saturated heterocycles. The Morgan fingerprint density at radius 2 is 1.85 bits per heavy atom. The summed E-state index contributed by atoms with van der Waals surface area (Å²) in [4.78, 5) is 16.1. The SMILES string of the molecule is CC(C)Oc1cc2cncc(NS(=O)(=O)c3ccccc3)c2cc1C(N)=O. The highest BCUT2D eigenvalue weighted by molar-refractivity contribution is 7.92. The van der Waals surface area contributed by atoms with Crippen LogP contribution in [-0.4, -0.2) is 25.4 Å². The molecule has 3 rings (SSSR count). The number of carbonyl (C=O) groups excluding carboxylic acids is 1. The molecule has 2 aromatic carbocycles. The van der Waals surface area contributed by atoms with Gasteiger partial charge in [-0.3, -0.25) is 14.5 Å². The van der Waals surface area contributed by atoms with Gasteiger partial charge in [-0.1, -0.05) is 18.2 Å². The van der Waals surface area contributed by atoms with E-state index in [9.17, 15) is 13.2 Å². The molecule has 0 atom stereocenters. The van der Waals surface area contributed by atoms with Crippen molar-refractivity contribution >= 4 is 32.4 Å². The Morgan fingerprint density at radius 3 is 2.48 bits per heavy atom. The van der Waals surface area contributed by atoms with Gasteiger partial charge in [0.25, 0.3) is 15.9 Å². The Labute approximate surface area is 157 Å². The van der Waals surface area contributed by atoms with E-state index in [1.54, 1.807) is 30.5 Å². The number of hydrogen-bond acceptors (Lipinski definition) is 5. The molecule has 0 aliphatic carbocycles. The number of benzene rings is 2. The molecule has 0 radical (unpaired) electrons. The van der Waals surface area contributed by atoms with Crippen molar-refractivity contribution in [1.29, 1.82) is 0 Å².